The number of aliphatic hydroxyl groups is 5. The van der Waals surface area contributed by atoms with Gasteiger partial charge in [-0.1, -0.05) is 302 Å². The van der Waals surface area contributed by atoms with Crippen molar-refractivity contribution in [1.82, 2.24) is 5.32 Å². The lowest BCUT2D eigenvalue weighted by atomic mass is 9.99. The van der Waals surface area contributed by atoms with E-state index in [2.05, 4.69) is 31.3 Å². The van der Waals surface area contributed by atoms with E-state index in [0.717, 1.165) is 38.5 Å². The number of allylic oxidation sites excluding steroid dienone is 2. The van der Waals surface area contributed by atoms with Crippen LogP contribution in [-0.2, 0) is 14.3 Å². The molecule has 73 heavy (non-hydrogen) atoms. The van der Waals surface area contributed by atoms with Crippen LogP contribution in [0, 0.1) is 0 Å². The Hall–Kier alpha value is -1.07. The summed E-state index contributed by atoms with van der Waals surface area (Å²) in [7, 11) is 0. The molecular formula is C64H125NO8. The van der Waals surface area contributed by atoms with Gasteiger partial charge in [0.25, 0.3) is 0 Å². The van der Waals surface area contributed by atoms with Crippen molar-refractivity contribution in [1.29, 1.82) is 0 Å². The average Bonchev–Trinajstić information content (AvgIpc) is 3.39. The minimum Gasteiger partial charge on any atom is -0.394 e. The fourth-order valence-corrected chi connectivity index (χ4v) is 10.7. The molecule has 1 rings (SSSR count). The van der Waals surface area contributed by atoms with E-state index in [-0.39, 0.29) is 12.5 Å². The van der Waals surface area contributed by atoms with Gasteiger partial charge in [-0.15, -0.1) is 0 Å². The molecule has 0 bridgehead atoms. The van der Waals surface area contributed by atoms with Crippen molar-refractivity contribution in [2.24, 2.45) is 0 Å². The molecule has 1 fully saturated rings. The van der Waals surface area contributed by atoms with Gasteiger partial charge in [0, 0.05) is 6.42 Å². The summed E-state index contributed by atoms with van der Waals surface area (Å²) in [6.07, 6.45) is 61.2. The maximum Gasteiger partial charge on any atom is 0.220 e. The van der Waals surface area contributed by atoms with Gasteiger partial charge < -0.3 is 40.3 Å². The molecule has 1 aliphatic heterocycles. The minimum absolute atomic E-state index is 0.132. The number of hydrogen-bond donors (Lipinski definition) is 6. The average molecular weight is 1040 g/mol. The summed E-state index contributed by atoms with van der Waals surface area (Å²) in [5.74, 6) is -0.136. The van der Waals surface area contributed by atoms with Gasteiger partial charge in [0.1, 0.15) is 24.4 Å². The molecule has 6 N–H and O–H groups in total. The van der Waals surface area contributed by atoms with Gasteiger partial charge in [-0.2, -0.15) is 0 Å². The van der Waals surface area contributed by atoms with Gasteiger partial charge >= 0.3 is 0 Å². The van der Waals surface area contributed by atoms with Gasteiger partial charge in [0.2, 0.25) is 5.91 Å². The smallest absolute Gasteiger partial charge is 0.220 e. The van der Waals surface area contributed by atoms with Crippen LogP contribution >= 0.6 is 0 Å². The quantitative estimate of drug-likeness (QED) is 0.0261. The third-order valence-corrected chi connectivity index (χ3v) is 15.9. The Labute approximate surface area is 452 Å². The Morgan fingerprint density at radius 3 is 1.11 bits per heavy atom. The highest BCUT2D eigenvalue weighted by molar-refractivity contribution is 5.76. The van der Waals surface area contributed by atoms with E-state index < -0.39 is 49.5 Å². The number of carbonyl (C=O) groups is 1. The fraction of sp³-hybridized carbons (Fsp3) is 0.953. The lowest BCUT2D eigenvalue weighted by molar-refractivity contribution is -0.302. The molecule has 1 heterocycles. The Morgan fingerprint density at radius 1 is 0.452 bits per heavy atom. The maximum atomic E-state index is 13.1. The van der Waals surface area contributed by atoms with E-state index in [1.807, 2.05) is 0 Å². The Morgan fingerprint density at radius 2 is 0.767 bits per heavy atom. The number of hydrogen-bond acceptors (Lipinski definition) is 8. The number of ether oxygens (including phenoxy) is 2. The molecule has 0 aliphatic carbocycles. The zero-order valence-electron chi connectivity index (χ0n) is 48.4. The van der Waals surface area contributed by atoms with Crippen LogP contribution in [-0.4, -0.2) is 87.5 Å². The largest absolute Gasteiger partial charge is 0.394 e. The van der Waals surface area contributed by atoms with E-state index in [1.165, 1.54) is 270 Å². The van der Waals surface area contributed by atoms with Crippen molar-refractivity contribution in [2.75, 3.05) is 13.2 Å². The zero-order chi connectivity index (χ0) is 52.9. The molecule has 7 atom stereocenters. The Kier molecular flexibility index (Phi) is 52.0. The van der Waals surface area contributed by atoms with E-state index in [4.69, 9.17) is 9.47 Å². The van der Waals surface area contributed by atoms with Crippen LogP contribution in [0.25, 0.3) is 0 Å². The highest BCUT2D eigenvalue weighted by Crippen LogP contribution is 2.24. The minimum atomic E-state index is -1.55. The van der Waals surface area contributed by atoms with Crippen molar-refractivity contribution in [3.8, 4) is 0 Å². The molecule has 1 saturated heterocycles. The summed E-state index contributed by atoms with van der Waals surface area (Å²) in [4.78, 5) is 13.1. The van der Waals surface area contributed by atoms with Crippen molar-refractivity contribution < 1.29 is 39.8 Å². The third kappa shape index (κ3) is 43.6. The summed E-state index contributed by atoms with van der Waals surface area (Å²) in [5, 5.41) is 54.8. The fourth-order valence-electron chi connectivity index (χ4n) is 10.7. The second-order valence-electron chi connectivity index (χ2n) is 22.9. The van der Waals surface area contributed by atoms with Crippen LogP contribution in [0.1, 0.15) is 335 Å². The Balaban J connectivity index is 2.13. The van der Waals surface area contributed by atoms with Gasteiger partial charge in [-0.3, -0.25) is 4.79 Å². The van der Waals surface area contributed by atoms with Crippen LogP contribution in [0.3, 0.4) is 0 Å². The summed E-state index contributed by atoms with van der Waals surface area (Å²) < 4.78 is 11.4. The van der Waals surface area contributed by atoms with Gasteiger partial charge in [-0.05, 0) is 38.5 Å². The molecule has 0 saturated carbocycles. The van der Waals surface area contributed by atoms with Crippen LogP contribution in [0.15, 0.2) is 12.2 Å². The zero-order valence-corrected chi connectivity index (χ0v) is 48.4. The molecule has 0 spiro atoms. The molecular weight excluding hydrogens is 911 g/mol. The van der Waals surface area contributed by atoms with Crippen molar-refractivity contribution in [3.05, 3.63) is 12.2 Å². The maximum absolute atomic E-state index is 13.1. The first kappa shape index (κ1) is 69.9. The van der Waals surface area contributed by atoms with Crippen LogP contribution < -0.4 is 5.32 Å². The normalized spacial score (nSPS) is 19.0. The summed E-state index contributed by atoms with van der Waals surface area (Å²) in [5.41, 5.74) is 0. The number of carbonyl (C=O) groups excluding carboxylic acids is 1. The predicted octanol–water partition coefficient (Wildman–Crippen LogP) is 16.7. The molecule has 1 amide bonds. The van der Waals surface area contributed by atoms with E-state index in [9.17, 15) is 30.3 Å². The number of unbranched alkanes of at least 4 members (excludes halogenated alkanes) is 45. The summed E-state index contributed by atoms with van der Waals surface area (Å²) >= 11 is 0. The van der Waals surface area contributed by atoms with Crippen LogP contribution in [0.5, 0.6) is 0 Å². The van der Waals surface area contributed by atoms with Crippen LogP contribution in [0.4, 0.5) is 0 Å². The highest BCUT2D eigenvalue weighted by atomic mass is 16.7. The predicted molar refractivity (Wildman–Crippen MR) is 309 cm³/mol. The third-order valence-electron chi connectivity index (χ3n) is 15.9. The molecule has 0 aromatic carbocycles. The first-order chi connectivity index (χ1) is 35.8. The Bertz CT molecular complexity index is 1150. The summed E-state index contributed by atoms with van der Waals surface area (Å²) in [6.45, 7) is 3.89. The summed E-state index contributed by atoms with van der Waals surface area (Å²) in [6, 6.07) is -0.716. The molecule has 434 valence electrons. The standard InChI is InChI=1S/C64H125NO8/c1-3-5-7-9-11-13-15-17-19-21-23-25-26-27-28-29-30-31-32-34-36-38-40-42-44-46-48-50-52-54-60(68)65-57(56-72-64-63(71)62(70)61(69)59(55-66)73-64)58(67)53-51-49-47-45-43-41-39-37-35-33-24-22-20-18-16-14-12-10-8-6-4-2/h21,23,57-59,61-64,66-67,69-71H,3-20,22,24-56H2,1-2H3,(H,65,68)/b23-21-. The monoisotopic (exact) mass is 1040 g/mol. The van der Waals surface area contributed by atoms with Gasteiger partial charge in [0.05, 0.1) is 25.4 Å². The number of nitrogens with one attached hydrogen (secondary N) is 1. The van der Waals surface area contributed by atoms with Gasteiger partial charge in [-0.25, -0.2) is 0 Å². The number of aliphatic hydroxyl groups excluding tert-OH is 5. The van der Waals surface area contributed by atoms with Crippen molar-refractivity contribution in [3.63, 3.8) is 0 Å². The molecule has 9 nitrogen and oxygen atoms in total. The molecule has 1 aliphatic rings. The molecule has 0 aromatic rings. The molecule has 0 aromatic heterocycles. The second kappa shape index (κ2) is 54.3. The first-order valence-electron chi connectivity index (χ1n) is 32.4. The lowest BCUT2D eigenvalue weighted by Gasteiger charge is -2.40. The topological polar surface area (TPSA) is 149 Å². The number of rotatable bonds is 57. The molecule has 7 unspecified atom stereocenters. The van der Waals surface area contributed by atoms with E-state index in [0.29, 0.717) is 12.8 Å². The van der Waals surface area contributed by atoms with Crippen molar-refractivity contribution >= 4 is 5.91 Å². The highest BCUT2D eigenvalue weighted by Gasteiger charge is 2.44. The van der Waals surface area contributed by atoms with Crippen molar-refractivity contribution in [2.45, 2.75) is 378 Å². The van der Waals surface area contributed by atoms with Gasteiger partial charge in [0.15, 0.2) is 6.29 Å². The van der Waals surface area contributed by atoms with Crippen LogP contribution in [0.2, 0.25) is 0 Å². The lowest BCUT2D eigenvalue weighted by Crippen LogP contribution is -2.60. The van der Waals surface area contributed by atoms with E-state index in [1.54, 1.807) is 0 Å². The van der Waals surface area contributed by atoms with E-state index >= 15 is 0 Å². The molecule has 9 heteroatoms. The second-order valence-corrected chi connectivity index (χ2v) is 22.9. The molecule has 0 radical (unpaired) electrons. The SMILES string of the molecule is CCCCCCCCCC/C=C\CCCCCCCCCCCCCCCCCCCC(=O)NC(COC1OC(CO)C(O)C(O)C1O)C(O)CCCCCCCCCCCCCCCCCCCCCCC. The number of amides is 1. The first-order valence-corrected chi connectivity index (χ1v) is 32.4.